The van der Waals surface area contributed by atoms with E-state index in [0.29, 0.717) is 42.9 Å². The quantitative estimate of drug-likeness (QED) is 0.698. The molecule has 1 aromatic carbocycles. The fraction of sp³-hybridized carbons (Fsp3) is 0.625. The van der Waals surface area contributed by atoms with Gasteiger partial charge in [-0.25, -0.2) is 8.42 Å². The largest absolute Gasteiger partial charge is 0.491 e. The second kappa shape index (κ2) is 10.2. The second-order valence-electron chi connectivity index (χ2n) is 5.72. The normalized spacial score (nSPS) is 16.6. The van der Waals surface area contributed by atoms with Crippen molar-refractivity contribution >= 4 is 22.4 Å². The van der Waals surface area contributed by atoms with E-state index in [2.05, 4.69) is 5.32 Å². The van der Waals surface area contributed by atoms with Gasteiger partial charge in [0.05, 0.1) is 11.5 Å². The molecule has 138 valence electrons. The fourth-order valence-electron chi connectivity index (χ4n) is 2.74. The third-order valence-electron chi connectivity index (χ3n) is 4.08. The van der Waals surface area contributed by atoms with Gasteiger partial charge in [0.15, 0.2) is 0 Å². The van der Waals surface area contributed by atoms with Crippen molar-refractivity contribution in [3.63, 3.8) is 0 Å². The molecular weight excluding hydrogens is 352 g/mol. The van der Waals surface area contributed by atoms with Crippen LogP contribution in [-0.4, -0.2) is 59.7 Å². The van der Waals surface area contributed by atoms with Gasteiger partial charge in [-0.15, -0.1) is 12.4 Å². The Morgan fingerprint density at radius 2 is 1.79 bits per heavy atom. The Kier molecular flexibility index (Phi) is 9.01. The summed E-state index contributed by atoms with van der Waals surface area (Å²) in [6, 6.07) is 6.60. The van der Waals surface area contributed by atoms with Crippen molar-refractivity contribution in [2.45, 2.75) is 17.7 Å². The van der Waals surface area contributed by atoms with E-state index in [1.54, 1.807) is 35.7 Å². The minimum absolute atomic E-state index is 0. The van der Waals surface area contributed by atoms with Crippen molar-refractivity contribution in [1.82, 2.24) is 9.62 Å². The van der Waals surface area contributed by atoms with Crippen LogP contribution in [0.25, 0.3) is 0 Å². The van der Waals surface area contributed by atoms with E-state index < -0.39 is 10.0 Å². The maximum Gasteiger partial charge on any atom is 0.243 e. The predicted octanol–water partition coefficient (Wildman–Crippen LogP) is 1.75. The summed E-state index contributed by atoms with van der Waals surface area (Å²) >= 11 is 0. The summed E-state index contributed by atoms with van der Waals surface area (Å²) in [5.74, 6) is 1.21. The number of benzene rings is 1. The number of nitrogens with one attached hydrogen (secondary N) is 1. The van der Waals surface area contributed by atoms with Crippen LogP contribution in [0.15, 0.2) is 29.2 Å². The minimum atomic E-state index is -3.41. The van der Waals surface area contributed by atoms with Gasteiger partial charge in [-0.1, -0.05) is 0 Å². The highest BCUT2D eigenvalue weighted by molar-refractivity contribution is 7.89. The van der Waals surface area contributed by atoms with Crippen LogP contribution in [0.2, 0.25) is 0 Å². The maximum atomic E-state index is 12.7. The lowest BCUT2D eigenvalue weighted by Gasteiger charge is -2.31. The van der Waals surface area contributed by atoms with E-state index in [-0.39, 0.29) is 12.4 Å². The number of rotatable bonds is 8. The summed E-state index contributed by atoms with van der Waals surface area (Å²) < 4.78 is 37.3. The maximum absolute atomic E-state index is 12.7. The van der Waals surface area contributed by atoms with Crippen LogP contribution < -0.4 is 10.1 Å². The summed E-state index contributed by atoms with van der Waals surface area (Å²) in [5.41, 5.74) is 0. The zero-order valence-corrected chi connectivity index (χ0v) is 15.9. The molecule has 0 amide bonds. The molecule has 1 heterocycles. The van der Waals surface area contributed by atoms with Crippen LogP contribution in [-0.2, 0) is 14.8 Å². The van der Waals surface area contributed by atoms with E-state index in [9.17, 15) is 8.42 Å². The van der Waals surface area contributed by atoms with E-state index >= 15 is 0 Å². The van der Waals surface area contributed by atoms with Crippen molar-refractivity contribution < 1.29 is 17.9 Å². The van der Waals surface area contributed by atoms with Gasteiger partial charge in [-0.3, -0.25) is 0 Å². The third-order valence-corrected chi connectivity index (χ3v) is 6.00. The molecule has 0 spiro atoms. The molecule has 1 fully saturated rings. The highest BCUT2D eigenvalue weighted by Gasteiger charge is 2.29. The van der Waals surface area contributed by atoms with Crippen molar-refractivity contribution in [2.24, 2.45) is 5.92 Å². The Bertz CT molecular complexity index is 572. The smallest absolute Gasteiger partial charge is 0.243 e. The standard InChI is InChI=1S/C16H26N2O4S.ClH/c1-17-13-14-7-9-18(10-8-14)23(19,20)16-5-3-15(4-6-16)22-12-11-21-2;/h3-6,14,17H,7-13H2,1-2H3;1H. The summed E-state index contributed by atoms with van der Waals surface area (Å²) in [4.78, 5) is 0.323. The summed E-state index contributed by atoms with van der Waals surface area (Å²) in [6.07, 6.45) is 1.80. The number of methoxy groups -OCH3 is 1. The Morgan fingerprint density at radius 1 is 1.17 bits per heavy atom. The molecule has 1 saturated heterocycles. The third kappa shape index (κ3) is 5.60. The Morgan fingerprint density at radius 3 is 2.33 bits per heavy atom. The number of halogens is 1. The molecule has 2 rings (SSSR count). The number of hydrogen-bond acceptors (Lipinski definition) is 5. The SMILES string of the molecule is CNCC1CCN(S(=O)(=O)c2ccc(OCCOC)cc2)CC1.Cl. The van der Waals surface area contributed by atoms with Gasteiger partial charge in [0.1, 0.15) is 12.4 Å². The van der Waals surface area contributed by atoms with Gasteiger partial charge < -0.3 is 14.8 Å². The molecular formula is C16H27ClN2O4S. The molecule has 0 aromatic heterocycles. The van der Waals surface area contributed by atoms with Gasteiger partial charge >= 0.3 is 0 Å². The van der Waals surface area contributed by atoms with Crippen LogP contribution >= 0.6 is 12.4 Å². The Labute approximate surface area is 151 Å². The first kappa shape index (κ1) is 21.2. The molecule has 1 aliphatic rings. The first-order valence-electron chi connectivity index (χ1n) is 7.94. The number of nitrogens with zero attached hydrogens (tertiary/aromatic N) is 1. The van der Waals surface area contributed by atoms with Crippen LogP contribution in [0.3, 0.4) is 0 Å². The highest BCUT2D eigenvalue weighted by atomic mass is 35.5. The summed E-state index contributed by atoms with van der Waals surface area (Å²) in [5, 5.41) is 3.16. The number of sulfonamides is 1. The van der Waals surface area contributed by atoms with E-state index in [4.69, 9.17) is 9.47 Å². The first-order chi connectivity index (χ1) is 11.1. The highest BCUT2D eigenvalue weighted by Crippen LogP contribution is 2.24. The summed E-state index contributed by atoms with van der Waals surface area (Å²) in [7, 11) is 0.130. The molecule has 0 atom stereocenters. The van der Waals surface area contributed by atoms with Crippen molar-refractivity contribution in [3.8, 4) is 5.75 Å². The molecule has 1 aliphatic heterocycles. The van der Waals surface area contributed by atoms with E-state index in [1.807, 2.05) is 7.05 Å². The second-order valence-corrected chi connectivity index (χ2v) is 7.66. The average Bonchev–Trinajstić information content (AvgIpc) is 2.56. The zero-order chi connectivity index (χ0) is 16.7. The first-order valence-corrected chi connectivity index (χ1v) is 9.38. The predicted molar refractivity (Wildman–Crippen MR) is 96.5 cm³/mol. The van der Waals surface area contributed by atoms with Gasteiger partial charge in [0.2, 0.25) is 10.0 Å². The molecule has 0 saturated carbocycles. The van der Waals surface area contributed by atoms with Crippen LogP contribution in [0.1, 0.15) is 12.8 Å². The summed E-state index contributed by atoms with van der Waals surface area (Å²) in [6.45, 7) is 3.06. The average molecular weight is 379 g/mol. The zero-order valence-electron chi connectivity index (χ0n) is 14.2. The lowest BCUT2D eigenvalue weighted by molar-refractivity contribution is 0.146. The lowest BCUT2D eigenvalue weighted by atomic mass is 9.98. The van der Waals surface area contributed by atoms with Crippen LogP contribution in [0.5, 0.6) is 5.75 Å². The Hall–Kier alpha value is -0.860. The molecule has 0 unspecified atom stereocenters. The molecule has 0 bridgehead atoms. The van der Waals surface area contributed by atoms with Gasteiger partial charge in [-0.2, -0.15) is 4.31 Å². The number of hydrogen-bond donors (Lipinski definition) is 1. The molecule has 6 nitrogen and oxygen atoms in total. The molecule has 0 aliphatic carbocycles. The molecule has 24 heavy (non-hydrogen) atoms. The van der Waals surface area contributed by atoms with Crippen molar-refractivity contribution in [2.75, 3.05) is 47.0 Å². The van der Waals surface area contributed by atoms with E-state index in [0.717, 1.165) is 19.4 Å². The number of ether oxygens (including phenoxy) is 2. The van der Waals surface area contributed by atoms with Crippen molar-refractivity contribution in [1.29, 1.82) is 0 Å². The molecule has 8 heteroatoms. The molecule has 1 N–H and O–H groups in total. The van der Waals surface area contributed by atoms with Crippen LogP contribution in [0, 0.1) is 5.92 Å². The van der Waals surface area contributed by atoms with Gasteiger partial charge in [0, 0.05) is 20.2 Å². The monoisotopic (exact) mass is 378 g/mol. The molecule has 1 aromatic rings. The van der Waals surface area contributed by atoms with E-state index in [1.165, 1.54) is 0 Å². The topological polar surface area (TPSA) is 67.9 Å². The fourth-order valence-corrected chi connectivity index (χ4v) is 4.21. The Balaban J connectivity index is 0.00000288. The molecule has 0 radical (unpaired) electrons. The van der Waals surface area contributed by atoms with Gasteiger partial charge in [-0.05, 0) is 56.6 Å². The van der Waals surface area contributed by atoms with Gasteiger partial charge in [0.25, 0.3) is 0 Å². The minimum Gasteiger partial charge on any atom is -0.491 e. The lowest BCUT2D eigenvalue weighted by Crippen LogP contribution is -2.40. The number of piperidine rings is 1. The van der Waals surface area contributed by atoms with Crippen LogP contribution in [0.4, 0.5) is 0 Å². The van der Waals surface area contributed by atoms with Crippen molar-refractivity contribution in [3.05, 3.63) is 24.3 Å².